The average Bonchev–Trinajstić information content (AvgIpc) is 2.12. The zero-order valence-electron chi connectivity index (χ0n) is 4.98. The molecular formula is C3H6O3PbS3. The second kappa shape index (κ2) is 3.97. The molecule has 0 aliphatic carbocycles. The summed E-state index contributed by atoms with van der Waals surface area (Å²) in [6, 6.07) is 0. The van der Waals surface area contributed by atoms with Crippen molar-refractivity contribution in [2.45, 2.75) is 5.25 Å². The van der Waals surface area contributed by atoms with Crippen LogP contribution in [0.1, 0.15) is 0 Å². The molecule has 1 atom stereocenters. The van der Waals surface area contributed by atoms with Crippen LogP contribution in [0.15, 0.2) is 0 Å². The summed E-state index contributed by atoms with van der Waals surface area (Å²) >= 11 is -0.539. The van der Waals surface area contributed by atoms with Gasteiger partial charge in [-0.05, 0) is 0 Å². The van der Waals surface area contributed by atoms with E-state index in [9.17, 15) is 8.42 Å². The van der Waals surface area contributed by atoms with Crippen molar-refractivity contribution in [2.75, 3.05) is 11.5 Å². The van der Waals surface area contributed by atoms with Crippen LogP contribution in [0.2, 0.25) is 0 Å². The minimum atomic E-state index is -3.71. The number of hydrogen-bond donors (Lipinski definition) is 1. The molecule has 1 N–H and O–H groups in total. The molecule has 0 saturated carbocycles. The molecule has 1 saturated heterocycles. The Balaban J connectivity index is 2.38. The van der Waals surface area contributed by atoms with Gasteiger partial charge in [-0.1, -0.05) is 0 Å². The molecule has 10 heavy (non-hydrogen) atoms. The fourth-order valence-corrected chi connectivity index (χ4v) is 22.0. The van der Waals surface area contributed by atoms with Gasteiger partial charge in [0.15, 0.2) is 0 Å². The van der Waals surface area contributed by atoms with Crippen molar-refractivity contribution in [2.24, 2.45) is 0 Å². The van der Waals surface area contributed by atoms with Gasteiger partial charge < -0.3 is 0 Å². The normalized spacial score (nSPS) is 27.1. The van der Waals surface area contributed by atoms with Crippen molar-refractivity contribution in [1.29, 1.82) is 0 Å². The summed E-state index contributed by atoms with van der Waals surface area (Å²) in [7, 11) is -0.0184. The molecule has 0 amide bonds. The predicted octanol–water partition coefficient (Wildman–Crippen LogP) is 0.257. The van der Waals surface area contributed by atoms with Crippen LogP contribution in [-0.2, 0) is 10.1 Å². The van der Waals surface area contributed by atoms with Gasteiger partial charge >= 0.3 is 77.7 Å². The summed E-state index contributed by atoms with van der Waals surface area (Å²) in [4.78, 5) is 0. The van der Waals surface area contributed by atoms with Crippen LogP contribution in [0.25, 0.3) is 0 Å². The van der Waals surface area contributed by atoms with E-state index in [-0.39, 0.29) is 11.0 Å². The Morgan fingerprint density at radius 3 is 2.80 bits per heavy atom. The monoisotopic (exact) mass is 394 g/mol. The Morgan fingerprint density at radius 2 is 2.40 bits per heavy atom. The van der Waals surface area contributed by atoms with E-state index in [1.54, 1.807) is 8.31 Å². The van der Waals surface area contributed by atoms with Gasteiger partial charge in [-0.15, -0.1) is 0 Å². The molecule has 1 rings (SSSR count). The van der Waals surface area contributed by atoms with Crippen LogP contribution >= 0.6 is 16.6 Å². The summed E-state index contributed by atoms with van der Waals surface area (Å²) in [6.07, 6.45) is 0. The van der Waals surface area contributed by atoms with Crippen LogP contribution < -0.4 is 0 Å². The van der Waals surface area contributed by atoms with Gasteiger partial charge in [-0.25, -0.2) is 0 Å². The topological polar surface area (TPSA) is 54.4 Å². The molecule has 0 aromatic heterocycles. The molecule has 3 nitrogen and oxygen atoms in total. The number of hydrogen-bond acceptors (Lipinski definition) is 4. The van der Waals surface area contributed by atoms with Gasteiger partial charge in [0.1, 0.15) is 0 Å². The number of rotatable bonds is 2. The van der Waals surface area contributed by atoms with Gasteiger partial charge in [0.25, 0.3) is 0 Å². The first-order valence-electron chi connectivity index (χ1n) is 2.55. The van der Waals surface area contributed by atoms with E-state index in [1.165, 1.54) is 0 Å². The zero-order chi connectivity index (χ0) is 7.61. The van der Waals surface area contributed by atoms with Gasteiger partial charge in [-0.2, -0.15) is 0 Å². The summed E-state index contributed by atoms with van der Waals surface area (Å²) in [5.74, 6) is 0.880. The van der Waals surface area contributed by atoms with E-state index >= 15 is 0 Å². The summed E-state index contributed by atoms with van der Waals surface area (Å²) in [5, 5.41) is 0.184. The quantitative estimate of drug-likeness (QED) is 0.539. The second-order valence-electron chi connectivity index (χ2n) is 1.88. The molecule has 58 valence electrons. The third-order valence-corrected chi connectivity index (χ3v) is 17.6. The van der Waals surface area contributed by atoms with Crippen molar-refractivity contribution in [3.05, 3.63) is 0 Å². The van der Waals surface area contributed by atoms with E-state index in [4.69, 9.17) is 4.55 Å². The summed E-state index contributed by atoms with van der Waals surface area (Å²) < 4.78 is 29.1. The second-order valence-corrected chi connectivity index (χ2v) is 17.5. The third kappa shape index (κ3) is 3.79. The minimum absolute atomic E-state index is 0.0440. The fraction of sp³-hybridized carbons (Fsp3) is 1.00. The predicted molar refractivity (Wildman–Crippen MR) is 46.0 cm³/mol. The van der Waals surface area contributed by atoms with Crippen LogP contribution in [0.4, 0.5) is 0 Å². The third-order valence-electron chi connectivity index (χ3n) is 0.939. The first-order chi connectivity index (χ1) is 4.58. The van der Waals surface area contributed by atoms with E-state index in [0.29, 0.717) is 0 Å². The van der Waals surface area contributed by atoms with Gasteiger partial charge in [0, 0.05) is 0 Å². The Hall–Kier alpha value is 1.53. The first kappa shape index (κ1) is 9.62. The van der Waals surface area contributed by atoms with E-state index < -0.39 is 31.4 Å². The molecule has 1 fully saturated rings. The maximum atomic E-state index is 10.3. The Morgan fingerprint density at radius 1 is 1.70 bits per heavy atom. The molecule has 1 aliphatic heterocycles. The Kier molecular flexibility index (Phi) is 3.82. The van der Waals surface area contributed by atoms with Crippen LogP contribution in [-0.4, -0.2) is 51.0 Å². The van der Waals surface area contributed by atoms with Crippen molar-refractivity contribution in [1.82, 2.24) is 0 Å². The summed E-state index contributed by atoms with van der Waals surface area (Å²) in [6.45, 7) is 0. The molecule has 1 aliphatic rings. The van der Waals surface area contributed by atoms with Crippen LogP contribution in [0, 0.1) is 0 Å². The van der Waals surface area contributed by atoms with Crippen LogP contribution in [0.5, 0.6) is 0 Å². The molecular weight excluding hydrogens is 387 g/mol. The van der Waals surface area contributed by atoms with E-state index in [1.807, 2.05) is 8.31 Å². The van der Waals surface area contributed by atoms with E-state index in [0.717, 1.165) is 5.75 Å². The standard InChI is InChI=1S/C3H8O3S3.Pb/c4-9(5,6)2-3(8)1-7;/h3,7-8H,1-2H2,(H,4,5,6);/q;+2/p-2. The van der Waals surface area contributed by atoms with Crippen molar-refractivity contribution >= 4 is 48.0 Å². The molecule has 0 aromatic rings. The Bertz CT molecular complexity index is 195. The molecule has 7 heteroatoms. The SMILES string of the molecule is O=S(=O)(O)CC1C[S][Pb][S]1. The van der Waals surface area contributed by atoms with Gasteiger partial charge in [0.2, 0.25) is 0 Å². The molecule has 0 spiro atoms. The van der Waals surface area contributed by atoms with Crippen LogP contribution in [0.3, 0.4) is 0 Å². The molecule has 1 unspecified atom stereocenters. The van der Waals surface area contributed by atoms with Crippen molar-refractivity contribution in [3.63, 3.8) is 0 Å². The first-order valence-corrected chi connectivity index (χ1v) is 15.6. The molecule has 1 heterocycles. The van der Waals surface area contributed by atoms with Gasteiger partial charge in [0.05, 0.1) is 0 Å². The fourth-order valence-electron chi connectivity index (χ4n) is 0.580. The van der Waals surface area contributed by atoms with Gasteiger partial charge in [-0.3, -0.25) is 0 Å². The van der Waals surface area contributed by atoms with Crippen molar-refractivity contribution < 1.29 is 13.0 Å². The average molecular weight is 393 g/mol. The molecule has 0 aromatic carbocycles. The Labute approximate surface area is 77.0 Å². The van der Waals surface area contributed by atoms with E-state index in [2.05, 4.69) is 0 Å². The summed E-state index contributed by atoms with van der Waals surface area (Å²) in [5.41, 5.74) is 0. The molecule has 2 radical (unpaired) electrons. The van der Waals surface area contributed by atoms with Crippen molar-refractivity contribution in [3.8, 4) is 0 Å². The zero-order valence-corrected chi connectivity index (χ0v) is 11.3. The molecule has 0 bridgehead atoms. The maximum absolute atomic E-state index is 10.3.